The Morgan fingerprint density at radius 2 is 1.80 bits per heavy atom. The molecule has 1 aromatic carbocycles. The van der Waals surface area contributed by atoms with Crippen LogP contribution in [-0.2, 0) is 16.0 Å². The van der Waals surface area contributed by atoms with Gasteiger partial charge < -0.3 is 15.5 Å². The van der Waals surface area contributed by atoms with E-state index in [9.17, 15) is 19.8 Å². The zero-order valence-electron chi connectivity index (χ0n) is 18.9. The van der Waals surface area contributed by atoms with Crippen LogP contribution in [0, 0.1) is 16.7 Å². The number of hydrogen-bond donors (Lipinski definition) is 3. The van der Waals surface area contributed by atoms with E-state index in [0.29, 0.717) is 24.8 Å². The van der Waals surface area contributed by atoms with Crippen molar-refractivity contribution in [3.63, 3.8) is 0 Å². The number of aromatic hydroxyl groups is 1. The van der Waals surface area contributed by atoms with Crippen molar-refractivity contribution in [2.45, 2.75) is 85.0 Å². The number of carboxylic acids is 1. The molecule has 0 aliphatic heterocycles. The summed E-state index contributed by atoms with van der Waals surface area (Å²) in [5.41, 5.74) is 1.28. The predicted molar refractivity (Wildman–Crippen MR) is 119 cm³/mol. The molecule has 0 bridgehead atoms. The van der Waals surface area contributed by atoms with Crippen molar-refractivity contribution < 1.29 is 19.8 Å². The molecule has 168 valence electrons. The number of hydrogen-bond acceptors (Lipinski definition) is 3. The summed E-state index contributed by atoms with van der Waals surface area (Å²) in [5.74, 6) is -1.42. The molecule has 3 N–H and O–H groups in total. The molecule has 5 heteroatoms. The van der Waals surface area contributed by atoms with Crippen LogP contribution in [0.3, 0.4) is 0 Å². The zero-order chi connectivity index (χ0) is 22.2. The smallest absolute Gasteiger partial charge is 0.304 e. The van der Waals surface area contributed by atoms with Crippen LogP contribution in [0.4, 0.5) is 0 Å². The van der Waals surface area contributed by atoms with Gasteiger partial charge in [-0.05, 0) is 54.6 Å². The average molecular weight is 418 g/mol. The number of carbonyl (C=O) groups is 2. The number of carboxylic acid groups (broad SMARTS) is 1. The largest absolute Gasteiger partial charge is 0.508 e. The van der Waals surface area contributed by atoms with Crippen molar-refractivity contribution in [1.29, 1.82) is 0 Å². The minimum absolute atomic E-state index is 0.134. The lowest BCUT2D eigenvalue weighted by molar-refractivity contribution is -0.141. The molecule has 0 aromatic heterocycles. The van der Waals surface area contributed by atoms with Crippen molar-refractivity contribution in [3.05, 3.63) is 29.8 Å². The molecule has 0 unspecified atom stereocenters. The van der Waals surface area contributed by atoms with Crippen LogP contribution in [0.2, 0.25) is 0 Å². The van der Waals surface area contributed by atoms with Gasteiger partial charge in [-0.3, -0.25) is 9.59 Å². The van der Waals surface area contributed by atoms with Crippen LogP contribution in [0.25, 0.3) is 0 Å². The van der Waals surface area contributed by atoms with E-state index < -0.39 is 11.9 Å². The summed E-state index contributed by atoms with van der Waals surface area (Å²) in [6.07, 6.45) is 9.21. The zero-order valence-corrected chi connectivity index (χ0v) is 18.9. The summed E-state index contributed by atoms with van der Waals surface area (Å²) in [6, 6.07) is 7.06. The van der Waals surface area contributed by atoms with Gasteiger partial charge in [0.15, 0.2) is 0 Å². The van der Waals surface area contributed by atoms with Crippen LogP contribution >= 0.6 is 0 Å². The average Bonchev–Trinajstić information content (AvgIpc) is 2.68. The molecule has 1 aromatic rings. The van der Waals surface area contributed by atoms with Gasteiger partial charge in [-0.25, -0.2) is 0 Å². The summed E-state index contributed by atoms with van der Waals surface area (Å²) < 4.78 is 0. The third kappa shape index (κ3) is 6.75. The quantitative estimate of drug-likeness (QED) is 0.481. The first-order valence-electron chi connectivity index (χ1n) is 11.4. The maximum atomic E-state index is 12.7. The second-order valence-electron chi connectivity index (χ2n) is 9.95. The molecule has 1 amide bonds. The number of aliphatic carboxylic acids is 1. The molecule has 0 radical (unpaired) electrons. The van der Waals surface area contributed by atoms with E-state index in [1.165, 1.54) is 32.1 Å². The van der Waals surface area contributed by atoms with Crippen LogP contribution in [0.1, 0.15) is 84.1 Å². The van der Waals surface area contributed by atoms with Gasteiger partial charge in [0.1, 0.15) is 5.75 Å². The Labute approximate surface area is 181 Å². The molecular formula is C25H39NO4. The summed E-state index contributed by atoms with van der Waals surface area (Å²) in [7, 11) is 0. The molecule has 1 aliphatic rings. The van der Waals surface area contributed by atoms with Gasteiger partial charge in [-0.15, -0.1) is 0 Å². The maximum absolute atomic E-state index is 12.7. The molecule has 2 rings (SSSR count). The standard InChI is InChI=1S/C25H39NO4/c1-24(2,3)25(14-7-4-8-15-25)16-9-11-20(18-22(28)29)23(30)26-17-13-19-10-5-6-12-21(19)27/h5-6,10,12,20,27H,4,7-9,11,13-18H2,1-3H3,(H,26,30)(H,28,29)/t20-/m1/s1. The highest BCUT2D eigenvalue weighted by atomic mass is 16.4. The third-order valence-corrected chi connectivity index (χ3v) is 7.09. The van der Waals surface area contributed by atoms with Crippen molar-refractivity contribution >= 4 is 11.9 Å². The molecule has 1 saturated carbocycles. The predicted octanol–water partition coefficient (Wildman–Crippen LogP) is 5.31. The first-order chi connectivity index (χ1) is 14.1. The van der Waals surface area contributed by atoms with Gasteiger partial charge in [-0.1, -0.05) is 64.7 Å². The summed E-state index contributed by atoms with van der Waals surface area (Å²) in [4.78, 5) is 24.0. The molecule has 1 aliphatic carbocycles. The Bertz CT molecular complexity index is 701. The number of carbonyl (C=O) groups excluding carboxylic acids is 1. The van der Waals surface area contributed by atoms with Gasteiger partial charge in [-0.2, -0.15) is 0 Å². The van der Waals surface area contributed by atoms with E-state index in [2.05, 4.69) is 26.1 Å². The SMILES string of the molecule is CC(C)(C)C1(CCC[C@H](CC(=O)O)C(=O)NCCc2ccccc2O)CCCCC1. The van der Waals surface area contributed by atoms with E-state index in [-0.39, 0.29) is 23.5 Å². The molecule has 0 spiro atoms. The Hall–Kier alpha value is -2.04. The van der Waals surface area contributed by atoms with E-state index in [4.69, 9.17) is 0 Å². The van der Waals surface area contributed by atoms with Gasteiger partial charge >= 0.3 is 5.97 Å². The normalized spacial score (nSPS) is 17.3. The molecule has 5 nitrogen and oxygen atoms in total. The third-order valence-electron chi connectivity index (χ3n) is 7.09. The fourth-order valence-corrected chi connectivity index (χ4v) is 5.01. The molecule has 1 atom stereocenters. The number of amides is 1. The van der Waals surface area contributed by atoms with Crippen LogP contribution in [-0.4, -0.2) is 28.6 Å². The second-order valence-corrected chi connectivity index (χ2v) is 9.95. The van der Waals surface area contributed by atoms with Gasteiger partial charge in [0.05, 0.1) is 6.42 Å². The Balaban J connectivity index is 1.90. The van der Waals surface area contributed by atoms with E-state index in [1.54, 1.807) is 12.1 Å². The molecule has 0 heterocycles. The van der Waals surface area contributed by atoms with Crippen molar-refractivity contribution in [3.8, 4) is 5.75 Å². The molecule has 0 saturated heterocycles. The molecule has 1 fully saturated rings. The Morgan fingerprint density at radius 1 is 1.13 bits per heavy atom. The van der Waals surface area contributed by atoms with Crippen LogP contribution in [0.5, 0.6) is 5.75 Å². The topological polar surface area (TPSA) is 86.6 Å². The summed E-state index contributed by atoms with van der Waals surface area (Å²) >= 11 is 0. The van der Waals surface area contributed by atoms with Gasteiger partial charge in [0.2, 0.25) is 5.91 Å². The van der Waals surface area contributed by atoms with Crippen molar-refractivity contribution in [2.75, 3.05) is 6.54 Å². The summed E-state index contributed by atoms with van der Waals surface area (Å²) in [5, 5.41) is 22.0. The summed E-state index contributed by atoms with van der Waals surface area (Å²) in [6.45, 7) is 7.34. The number of nitrogens with one attached hydrogen (secondary N) is 1. The maximum Gasteiger partial charge on any atom is 0.304 e. The van der Waals surface area contributed by atoms with Crippen LogP contribution in [0.15, 0.2) is 24.3 Å². The van der Waals surface area contributed by atoms with E-state index in [1.807, 2.05) is 12.1 Å². The minimum atomic E-state index is -0.931. The van der Waals surface area contributed by atoms with E-state index in [0.717, 1.165) is 18.4 Å². The lowest BCUT2D eigenvalue weighted by Crippen LogP contribution is -2.38. The Morgan fingerprint density at radius 3 is 2.40 bits per heavy atom. The van der Waals surface area contributed by atoms with Crippen molar-refractivity contribution in [1.82, 2.24) is 5.32 Å². The lowest BCUT2D eigenvalue weighted by atomic mass is 9.57. The van der Waals surface area contributed by atoms with Crippen LogP contribution < -0.4 is 5.32 Å². The van der Waals surface area contributed by atoms with Gasteiger partial charge in [0, 0.05) is 12.5 Å². The first kappa shape index (κ1) is 24.2. The second kappa shape index (κ2) is 10.8. The van der Waals surface area contributed by atoms with E-state index >= 15 is 0 Å². The number of phenolic OH excluding ortho intramolecular Hbond substituents is 1. The number of phenols is 1. The Kier molecular flexibility index (Phi) is 8.75. The molecule has 30 heavy (non-hydrogen) atoms. The van der Waals surface area contributed by atoms with Crippen molar-refractivity contribution in [2.24, 2.45) is 16.7 Å². The number of rotatable bonds is 10. The number of para-hydroxylation sites is 1. The highest BCUT2D eigenvalue weighted by Gasteiger charge is 2.41. The monoisotopic (exact) mass is 417 g/mol. The highest BCUT2D eigenvalue weighted by Crippen LogP contribution is 2.52. The molecular weight excluding hydrogens is 378 g/mol. The van der Waals surface area contributed by atoms with Gasteiger partial charge in [0.25, 0.3) is 0 Å². The fraction of sp³-hybridized carbons (Fsp3) is 0.680. The number of benzene rings is 1. The minimum Gasteiger partial charge on any atom is -0.508 e. The fourth-order valence-electron chi connectivity index (χ4n) is 5.01. The highest BCUT2D eigenvalue weighted by molar-refractivity contribution is 5.83. The first-order valence-corrected chi connectivity index (χ1v) is 11.4. The lowest BCUT2D eigenvalue weighted by Gasteiger charge is -2.48.